The van der Waals surface area contributed by atoms with Crippen molar-refractivity contribution >= 4 is 18.2 Å². The van der Waals surface area contributed by atoms with Crippen LogP contribution in [0.2, 0.25) is 0 Å². The van der Waals surface area contributed by atoms with E-state index in [1.54, 1.807) is 0 Å². The van der Waals surface area contributed by atoms with Gasteiger partial charge in [0.1, 0.15) is 11.5 Å². The summed E-state index contributed by atoms with van der Waals surface area (Å²) in [5.41, 5.74) is 0.179. The number of nitrogens with one attached hydrogen (secondary N) is 1. The zero-order chi connectivity index (χ0) is 21.1. The van der Waals surface area contributed by atoms with Crippen molar-refractivity contribution in [3.8, 4) is 11.8 Å². The third-order valence-electron chi connectivity index (χ3n) is 5.01. The summed E-state index contributed by atoms with van der Waals surface area (Å²) in [6.45, 7) is 1.19. The van der Waals surface area contributed by atoms with Crippen molar-refractivity contribution in [1.29, 1.82) is 0 Å². The first-order chi connectivity index (χ1) is 14.4. The highest BCUT2D eigenvalue weighted by Crippen LogP contribution is 2.34. The Morgan fingerprint density at radius 3 is 2.67 bits per heavy atom. The van der Waals surface area contributed by atoms with E-state index in [9.17, 15) is 18.4 Å². The first-order valence-electron chi connectivity index (χ1n) is 9.60. The quantitative estimate of drug-likeness (QED) is 0.430. The summed E-state index contributed by atoms with van der Waals surface area (Å²) in [4.78, 5) is 42.5. The third-order valence-corrected chi connectivity index (χ3v) is 5.01. The molecule has 0 spiro atoms. The molecule has 0 bridgehead atoms. The fourth-order valence-corrected chi connectivity index (χ4v) is 3.17. The fourth-order valence-electron chi connectivity index (χ4n) is 3.17. The van der Waals surface area contributed by atoms with Crippen LogP contribution in [0.4, 0.5) is 19.4 Å². The molecule has 12 heteroatoms. The average molecular weight is 422 g/mol. The van der Waals surface area contributed by atoms with E-state index in [1.807, 2.05) is 0 Å². The molecule has 1 aliphatic heterocycles. The van der Waals surface area contributed by atoms with Crippen LogP contribution in [-0.4, -0.2) is 62.1 Å². The second-order valence-electron chi connectivity index (χ2n) is 7.24. The summed E-state index contributed by atoms with van der Waals surface area (Å²) in [6.07, 6.45) is 2.48. The molecule has 1 saturated heterocycles. The average Bonchev–Trinajstić information content (AvgIpc) is 3.16. The number of rotatable bonds is 6. The van der Waals surface area contributed by atoms with Crippen LogP contribution >= 0.6 is 0 Å². The van der Waals surface area contributed by atoms with Gasteiger partial charge in [0, 0.05) is 44.2 Å². The molecule has 1 aliphatic carbocycles. The van der Waals surface area contributed by atoms with E-state index in [0.717, 1.165) is 6.42 Å². The highest BCUT2D eigenvalue weighted by molar-refractivity contribution is 5.71. The van der Waals surface area contributed by atoms with E-state index in [1.165, 1.54) is 27.9 Å². The Bertz CT molecular complexity index is 923. The summed E-state index contributed by atoms with van der Waals surface area (Å²) >= 11 is 0. The summed E-state index contributed by atoms with van der Waals surface area (Å²) in [7, 11) is 0. The van der Waals surface area contributed by atoms with Crippen LogP contribution in [0, 0.1) is 0 Å². The van der Waals surface area contributed by atoms with Gasteiger partial charge in [0.2, 0.25) is 5.92 Å². The summed E-state index contributed by atoms with van der Waals surface area (Å²) in [6, 6.07) is 2.68. The molecule has 0 aromatic carbocycles. The molecule has 1 N–H and O–H groups in total. The Morgan fingerprint density at radius 1 is 1.27 bits per heavy atom. The van der Waals surface area contributed by atoms with E-state index in [4.69, 9.17) is 9.78 Å². The minimum atomic E-state index is -2.64. The highest BCUT2D eigenvalue weighted by atomic mass is 19.3. The van der Waals surface area contributed by atoms with Gasteiger partial charge in [-0.05, 0) is 25.3 Å². The van der Waals surface area contributed by atoms with E-state index in [2.05, 4.69) is 20.4 Å². The van der Waals surface area contributed by atoms with Gasteiger partial charge >= 0.3 is 6.09 Å². The number of hydrogen-bond donors (Lipinski definition) is 1. The molecular formula is C18H20F2N6O4. The Hall–Kier alpha value is -3.31. The number of aromatic nitrogens is 4. The molecule has 1 amide bonds. The topological polar surface area (TPSA) is 111 Å². The Morgan fingerprint density at radius 2 is 2.03 bits per heavy atom. The van der Waals surface area contributed by atoms with Crippen molar-refractivity contribution < 1.29 is 28.1 Å². The molecule has 2 fully saturated rings. The molecule has 0 unspecified atom stereocenters. The van der Waals surface area contributed by atoms with Crippen molar-refractivity contribution in [3.63, 3.8) is 0 Å². The molecule has 30 heavy (non-hydrogen) atoms. The predicted octanol–water partition coefficient (Wildman–Crippen LogP) is 2.60. The smallest absolute Gasteiger partial charge is 0.367 e. The van der Waals surface area contributed by atoms with Crippen molar-refractivity contribution in [2.24, 2.45) is 0 Å². The highest BCUT2D eigenvalue weighted by Gasteiger charge is 2.35. The minimum absolute atomic E-state index is 0.0595. The molecule has 2 aromatic heterocycles. The molecule has 160 valence electrons. The van der Waals surface area contributed by atoms with Gasteiger partial charge in [0.25, 0.3) is 11.8 Å². The monoisotopic (exact) mass is 422 g/mol. The first-order valence-corrected chi connectivity index (χ1v) is 9.60. The van der Waals surface area contributed by atoms with Crippen molar-refractivity contribution in [3.05, 3.63) is 24.0 Å². The van der Waals surface area contributed by atoms with E-state index < -0.39 is 12.0 Å². The molecule has 2 aromatic rings. The molecule has 10 nitrogen and oxygen atoms in total. The summed E-state index contributed by atoms with van der Waals surface area (Å²) in [5, 5.41) is 7.11. The van der Waals surface area contributed by atoms with Crippen LogP contribution in [0.5, 0.6) is 5.88 Å². The first kappa shape index (κ1) is 20.0. The van der Waals surface area contributed by atoms with E-state index in [0.29, 0.717) is 25.2 Å². The minimum Gasteiger partial charge on any atom is -0.367 e. The van der Waals surface area contributed by atoms with Crippen molar-refractivity contribution in [1.82, 2.24) is 24.6 Å². The van der Waals surface area contributed by atoms with Crippen LogP contribution in [-0.2, 0) is 4.89 Å². The zero-order valence-corrected chi connectivity index (χ0v) is 16.0. The van der Waals surface area contributed by atoms with Gasteiger partial charge in [-0.1, -0.05) is 0 Å². The number of halogens is 2. The number of hydrogen-bond acceptors (Lipinski definition) is 8. The number of likely N-dealkylation sites (tertiary alicyclic amines) is 1. The normalized spacial score (nSPS) is 18.4. The number of carbonyl (C=O) groups excluding carboxylic acids is 2. The maximum absolute atomic E-state index is 13.4. The molecule has 0 atom stereocenters. The van der Waals surface area contributed by atoms with Gasteiger partial charge in [-0.2, -0.15) is 15.1 Å². The number of aldehydes is 1. The third kappa shape index (κ3) is 4.63. The Balaban J connectivity index is 1.52. The van der Waals surface area contributed by atoms with Crippen LogP contribution < -0.4 is 10.2 Å². The van der Waals surface area contributed by atoms with Crippen molar-refractivity contribution in [2.75, 3.05) is 18.4 Å². The Kier molecular flexibility index (Phi) is 5.46. The van der Waals surface area contributed by atoms with Gasteiger partial charge in [0.05, 0.1) is 0 Å². The lowest BCUT2D eigenvalue weighted by atomic mass is 9.92. The van der Waals surface area contributed by atoms with Crippen LogP contribution in [0.25, 0.3) is 5.95 Å². The van der Waals surface area contributed by atoms with Crippen LogP contribution in [0.15, 0.2) is 18.3 Å². The molecular weight excluding hydrogens is 402 g/mol. The van der Waals surface area contributed by atoms with Crippen molar-refractivity contribution in [2.45, 2.75) is 44.1 Å². The number of nitrogens with zero attached hydrogens (tertiary/aromatic N) is 5. The van der Waals surface area contributed by atoms with Crippen LogP contribution in [0.3, 0.4) is 0 Å². The van der Waals surface area contributed by atoms with E-state index >= 15 is 0 Å². The molecule has 1 saturated carbocycles. The molecule has 0 radical (unpaired) electrons. The number of alkyl halides is 2. The van der Waals surface area contributed by atoms with Crippen LogP contribution in [0.1, 0.15) is 42.6 Å². The Labute approximate surface area is 170 Å². The maximum Gasteiger partial charge on any atom is 0.452 e. The molecule has 3 heterocycles. The lowest BCUT2D eigenvalue weighted by molar-refractivity contribution is -0.160. The number of amides is 1. The second kappa shape index (κ2) is 8.20. The van der Waals surface area contributed by atoms with E-state index in [-0.39, 0.29) is 49.2 Å². The van der Waals surface area contributed by atoms with Gasteiger partial charge in [-0.3, -0.25) is 9.68 Å². The summed E-state index contributed by atoms with van der Waals surface area (Å²) < 4.78 is 28.1. The van der Waals surface area contributed by atoms with Gasteiger partial charge < -0.3 is 10.2 Å². The SMILES string of the molecule is O=Cc1ccn(-c2nc(NC3CCC(F)(F)CC3)cc(OOC(=O)N3CCC3)n2)n1. The van der Waals surface area contributed by atoms with Gasteiger partial charge in [-0.25, -0.2) is 23.1 Å². The maximum atomic E-state index is 13.4. The molecule has 2 aliphatic rings. The molecule has 4 rings (SSSR count). The van der Waals surface area contributed by atoms with Gasteiger partial charge in [-0.15, -0.1) is 0 Å². The van der Waals surface area contributed by atoms with Gasteiger partial charge in [0.15, 0.2) is 6.29 Å². The standard InChI is InChI=1S/C18H20F2N6O4/c19-18(20)5-2-12(3-6-18)21-14-10-15(29-30-17(28)25-7-1-8-25)23-16(22-14)26-9-4-13(11-27)24-26/h4,9-12H,1-3,5-8H2,(H,21,22,23). The second-order valence-corrected chi connectivity index (χ2v) is 7.24. The fraction of sp³-hybridized carbons (Fsp3) is 0.500. The largest absolute Gasteiger partial charge is 0.452 e. The summed E-state index contributed by atoms with van der Waals surface area (Å²) in [5.74, 6) is -2.35. The predicted molar refractivity (Wildman–Crippen MR) is 98.7 cm³/mol. The lowest BCUT2D eigenvalue weighted by Crippen LogP contribution is -2.42. The zero-order valence-electron chi connectivity index (χ0n) is 16.0. The number of carbonyl (C=O) groups is 2. The number of anilines is 1. The lowest BCUT2D eigenvalue weighted by Gasteiger charge is -2.29.